The van der Waals surface area contributed by atoms with Crippen LogP contribution in [0.4, 0.5) is 0 Å². The highest BCUT2D eigenvalue weighted by Crippen LogP contribution is 2.42. The molecule has 3 atom stereocenters. The zero-order chi connectivity index (χ0) is 25.0. The van der Waals surface area contributed by atoms with E-state index in [9.17, 15) is 0 Å². The van der Waals surface area contributed by atoms with Crippen molar-refractivity contribution in [3.8, 4) is 0 Å². The van der Waals surface area contributed by atoms with Gasteiger partial charge in [0.2, 0.25) is 0 Å². The first-order valence-corrected chi connectivity index (χ1v) is 20.0. The number of unbranched alkanes of at least 4 members (excludes halogenated alkanes) is 3. The molecule has 0 N–H and O–H groups in total. The maximum atomic E-state index is 7.14. The van der Waals surface area contributed by atoms with Crippen LogP contribution in [-0.4, -0.2) is 62.7 Å². The van der Waals surface area contributed by atoms with Crippen LogP contribution < -0.4 is 0 Å². The fraction of sp³-hybridized carbons (Fsp3) is 1.00. The Morgan fingerprint density at radius 2 is 0.727 bits per heavy atom. The van der Waals surface area contributed by atoms with E-state index >= 15 is 0 Å². The molecular formula is C24H54O6Si3. The fourth-order valence-corrected chi connectivity index (χ4v) is 23.3. The summed E-state index contributed by atoms with van der Waals surface area (Å²) >= 11 is 0. The van der Waals surface area contributed by atoms with Gasteiger partial charge in [-0.3, -0.25) is 0 Å². The Kier molecular flexibility index (Phi) is 14.8. The van der Waals surface area contributed by atoms with E-state index in [1.54, 1.807) is 0 Å². The molecule has 9 heteroatoms. The molecule has 1 saturated heterocycles. The van der Waals surface area contributed by atoms with Crippen LogP contribution in [-0.2, 0) is 26.6 Å². The van der Waals surface area contributed by atoms with Gasteiger partial charge in [0, 0.05) is 19.8 Å². The van der Waals surface area contributed by atoms with Crippen molar-refractivity contribution in [2.75, 3.05) is 19.8 Å². The van der Waals surface area contributed by atoms with Crippen LogP contribution in [0.5, 0.6) is 0 Å². The first-order chi connectivity index (χ1) is 15.7. The van der Waals surface area contributed by atoms with Gasteiger partial charge in [-0.2, -0.15) is 0 Å². The lowest BCUT2D eigenvalue weighted by molar-refractivity contribution is 0.0266. The lowest BCUT2D eigenvalue weighted by atomic mass is 10.4. The summed E-state index contributed by atoms with van der Waals surface area (Å²) in [5.41, 5.74) is -0.165. The normalized spacial score (nSPS) is 30.8. The average Bonchev–Trinajstić information content (AvgIpc) is 2.83. The standard InChI is InChI=1S/C24H54O6Si3/c1-10-16-19-25-22(7)31(13-4)28-32(14-5,23(8)26-20-17-11-2)30-33(15-6,29-31)24(9)27-21-18-12-3/h22-24H,10-21H2,1-9H3. The highest BCUT2D eigenvalue weighted by molar-refractivity contribution is 6.95. The van der Waals surface area contributed by atoms with E-state index in [2.05, 4.69) is 62.3 Å². The molecule has 0 radical (unpaired) electrons. The molecule has 0 spiro atoms. The number of ether oxygens (including phenoxy) is 3. The molecule has 0 bridgehead atoms. The second-order valence-corrected chi connectivity index (χ2v) is 21.3. The molecule has 198 valence electrons. The van der Waals surface area contributed by atoms with Gasteiger partial charge in [-0.25, -0.2) is 0 Å². The van der Waals surface area contributed by atoms with Gasteiger partial charge in [0.25, 0.3) is 0 Å². The third kappa shape index (κ3) is 8.21. The summed E-state index contributed by atoms with van der Waals surface area (Å²) < 4.78 is 40.5. The molecule has 0 aliphatic carbocycles. The number of hydrogen-bond acceptors (Lipinski definition) is 6. The van der Waals surface area contributed by atoms with Crippen LogP contribution in [0, 0.1) is 0 Å². The maximum absolute atomic E-state index is 7.14. The van der Waals surface area contributed by atoms with Crippen molar-refractivity contribution < 1.29 is 26.6 Å². The van der Waals surface area contributed by atoms with Gasteiger partial charge in [-0.05, 0) is 58.2 Å². The largest absolute Gasteiger partial charge is 0.412 e. The molecule has 3 unspecified atom stereocenters. The van der Waals surface area contributed by atoms with Crippen LogP contribution >= 0.6 is 0 Å². The lowest BCUT2D eigenvalue weighted by Gasteiger charge is -2.56. The molecule has 0 aromatic rings. The van der Waals surface area contributed by atoms with Gasteiger partial charge in [0.15, 0.2) is 0 Å². The number of rotatable bonds is 18. The summed E-state index contributed by atoms with van der Waals surface area (Å²) in [6, 6.07) is 2.53. The molecule has 0 amide bonds. The second-order valence-electron chi connectivity index (χ2n) is 9.40. The zero-order valence-electron chi connectivity index (χ0n) is 23.2. The number of hydrogen-bond donors (Lipinski definition) is 0. The van der Waals surface area contributed by atoms with Crippen LogP contribution in [0.3, 0.4) is 0 Å². The summed E-state index contributed by atoms with van der Waals surface area (Å²) in [5, 5.41) is 0. The van der Waals surface area contributed by atoms with E-state index in [1.807, 2.05) is 0 Å². The maximum Gasteiger partial charge on any atom is 0.350 e. The van der Waals surface area contributed by atoms with Crippen molar-refractivity contribution in [1.82, 2.24) is 0 Å². The zero-order valence-corrected chi connectivity index (χ0v) is 26.2. The van der Waals surface area contributed by atoms with Gasteiger partial charge >= 0.3 is 25.7 Å². The lowest BCUT2D eigenvalue weighted by Crippen LogP contribution is -2.78. The Labute approximate surface area is 208 Å². The molecule has 0 aromatic carbocycles. The van der Waals surface area contributed by atoms with E-state index in [1.165, 1.54) is 0 Å². The molecule has 0 aromatic heterocycles. The molecular weight excluding hydrogens is 469 g/mol. The van der Waals surface area contributed by atoms with Crippen molar-refractivity contribution in [3.05, 3.63) is 0 Å². The van der Waals surface area contributed by atoms with Crippen molar-refractivity contribution >= 4 is 25.7 Å². The summed E-state index contributed by atoms with van der Waals surface area (Å²) in [5.74, 6) is 0. The molecule has 33 heavy (non-hydrogen) atoms. The van der Waals surface area contributed by atoms with E-state index in [0.717, 1.165) is 76.5 Å². The van der Waals surface area contributed by atoms with Crippen LogP contribution in [0.1, 0.15) is 101 Å². The summed E-state index contributed by atoms with van der Waals surface area (Å²) in [6.07, 6.45) is 6.50. The predicted molar refractivity (Wildman–Crippen MR) is 143 cm³/mol. The van der Waals surface area contributed by atoms with Gasteiger partial charge in [0.1, 0.15) is 0 Å². The quantitative estimate of drug-likeness (QED) is 0.148. The topological polar surface area (TPSA) is 55.4 Å². The Morgan fingerprint density at radius 1 is 0.485 bits per heavy atom. The molecule has 1 aliphatic rings. The molecule has 6 nitrogen and oxygen atoms in total. The molecule has 1 fully saturated rings. The van der Waals surface area contributed by atoms with Crippen LogP contribution in [0.25, 0.3) is 0 Å². The molecule has 1 aliphatic heterocycles. The third-order valence-electron chi connectivity index (χ3n) is 6.97. The summed E-state index contributed by atoms with van der Waals surface area (Å²) in [7, 11) is -8.18. The van der Waals surface area contributed by atoms with Gasteiger partial charge in [0.05, 0.1) is 17.2 Å². The van der Waals surface area contributed by atoms with Crippen LogP contribution in [0.2, 0.25) is 18.1 Å². The highest BCUT2D eigenvalue weighted by Gasteiger charge is 2.66. The Hall–Kier alpha value is 0.411. The first kappa shape index (κ1) is 31.4. The Balaban J connectivity index is 3.38. The van der Waals surface area contributed by atoms with E-state index in [-0.39, 0.29) is 17.2 Å². The fourth-order valence-electron chi connectivity index (χ4n) is 4.33. The third-order valence-corrected chi connectivity index (χ3v) is 22.4. The molecule has 0 saturated carbocycles. The Bertz CT molecular complexity index is 447. The first-order valence-electron chi connectivity index (χ1n) is 13.7. The van der Waals surface area contributed by atoms with Gasteiger partial charge in [-0.1, -0.05) is 60.8 Å². The molecule has 1 heterocycles. The van der Waals surface area contributed by atoms with Gasteiger partial charge < -0.3 is 26.6 Å². The minimum Gasteiger partial charge on any atom is -0.412 e. The summed E-state index contributed by atoms with van der Waals surface area (Å²) in [6.45, 7) is 21.9. The van der Waals surface area contributed by atoms with E-state index in [4.69, 9.17) is 26.6 Å². The van der Waals surface area contributed by atoms with Crippen molar-refractivity contribution in [2.24, 2.45) is 0 Å². The second kappa shape index (κ2) is 15.5. The molecule has 1 rings (SSSR count). The minimum atomic E-state index is -2.73. The highest BCUT2D eigenvalue weighted by atomic mass is 28.5. The van der Waals surface area contributed by atoms with E-state index in [0.29, 0.717) is 0 Å². The minimum absolute atomic E-state index is 0.0551. The Morgan fingerprint density at radius 3 is 0.909 bits per heavy atom. The average molecular weight is 523 g/mol. The summed E-state index contributed by atoms with van der Waals surface area (Å²) in [4.78, 5) is 0. The smallest absolute Gasteiger partial charge is 0.350 e. The van der Waals surface area contributed by atoms with E-state index < -0.39 is 25.7 Å². The van der Waals surface area contributed by atoms with Crippen molar-refractivity contribution in [2.45, 2.75) is 136 Å². The monoisotopic (exact) mass is 522 g/mol. The van der Waals surface area contributed by atoms with Crippen molar-refractivity contribution in [1.29, 1.82) is 0 Å². The van der Waals surface area contributed by atoms with Crippen molar-refractivity contribution in [3.63, 3.8) is 0 Å². The SMILES string of the molecule is CCCCOC(C)[Si]1(CC)O[Si](CC)(C(C)OCCCC)O[Si](CC)(C(C)OCCCC)O1. The van der Waals surface area contributed by atoms with Gasteiger partial charge in [-0.15, -0.1) is 0 Å². The van der Waals surface area contributed by atoms with Crippen LogP contribution in [0.15, 0.2) is 0 Å². The predicted octanol–water partition coefficient (Wildman–Crippen LogP) is 6.67.